The van der Waals surface area contributed by atoms with Gasteiger partial charge in [-0.05, 0) is 43.4 Å². The van der Waals surface area contributed by atoms with E-state index in [0.717, 1.165) is 33.9 Å². The maximum atomic E-state index is 13.5. The Balaban J connectivity index is 1.46. The molecule has 4 amide bonds. The molecule has 7 heteroatoms. The lowest BCUT2D eigenvalue weighted by atomic mass is 9.96. The van der Waals surface area contributed by atoms with E-state index in [1.54, 1.807) is 23.6 Å². The van der Waals surface area contributed by atoms with Crippen molar-refractivity contribution in [1.29, 1.82) is 0 Å². The summed E-state index contributed by atoms with van der Waals surface area (Å²) in [6.07, 6.45) is 1.86. The Labute approximate surface area is 179 Å². The highest BCUT2D eigenvalue weighted by molar-refractivity contribution is 7.99. The second-order valence-electron chi connectivity index (χ2n) is 8.27. The van der Waals surface area contributed by atoms with E-state index in [2.05, 4.69) is 5.32 Å². The first kappa shape index (κ1) is 19.2. The van der Waals surface area contributed by atoms with Gasteiger partial charge in [0.25, 0.3) is 5.91 Å². The quantitative estimate of drug-likeness (QED) is 0.766. The molecule has 154 valence electrons. The molecule has 2 atom stereocenters. The molecule has 0 bridgehead atoms. The average Bonchev–Trinajstić information content (AvgIpc) is 3.59. The lowest BCUT2D eigenvalue weighted by Crippen LogP contribution is -2.48. The molecule has 0 spiro atoms. The number of anilines is 1. The van der Waals surface area contributed by atoms with Gasteiger partial charge >= 0.3 is 6.03 Å². The zero-order chi connectivity index (χ0) is 20.9. The van der Waals surface area contributed by atoms with Crippen LogP contribution < -0.4 is 10.2 Å². The Morgan fingerprint density at radius 2 is 1.80 bits per heavy atom. The summed E-state index contributed by atoms with van der Waals surface area (Å²) in [5.74, 6) is 0.338. The standard InChI is InChI=1S/C23H23N3O3S/c1-23(16-11-12-16)21(28)25(22(29)24-23)13-20(27)26-17-9-5-6-10-19(17)30-14-18(26)15-7-3-2-4-8-15/h2-10,16,18H,11-14H2,1H3,(H,24,29)/t18-,23+/m1/s1. The summed E-state index contributed by atoms with van der Waals surface area (Å²) in [7, 11) is 0. The molecule has 1 saturated carbocycles. The molecule has 0 unspecified atom stereocenters. The monoisotopic (exact) mass is 421 g/mol. The molecule has 5 rings (SSSR count). The first-order chi connectivity index (χ1) is 14.5. The first-order valence-electron chi connectivity index (χ1n) is 10.2. The highest BCUT2D eigenvalue weighted by Gasteiger charge is 2.56. The fourth-order valence-corrected chi connectivity index (χ4v) is 5.59. The Morgan fingerprint density at radius 3 is 2.53 bits per heavy atom. The predicted molar refractivity (Wildman–Crippen MR) is 115 cm³/mol. The maximum Gasteiger partial charge on any atom is 0.325 e. The minimum atomic E-state index is -0.883. The second kappa shape index (κ2) is 7.16. The summed E-state index contributed by atoms with van der Waals surface area (Å²) < 4.78 is 0. The van der Waals surface area contributed by atoms with Crippen LogP contribution in [0.15, 0.2) is 59.5 Å². The van der Waals surface area contributed by atoms with Gasteiger partial charge in [-0.15, -0.1) is 11.8 Å². The molecular formula is C23H23N3O3S. The summed E-state index contributed by atoms with van der Waals surface area (Å²) in [5.41, 5.74) is 0.976. The van der Waals surface area contributed by atoms with Crippen molar-refractivity contribution in [2.75, 3.05) is 17.2 Å². The van der Waals surface area contributed by atoms with Crippen LogP contribution in [0.1, 0.15) is 31.4 Å². The van der Waals surface area contributed by atoms with Gasteiger partial charge < -0.3 is 10.2 Å². The van der Waals surface area contributed by atoms with E-state index in [0.29, 0.717) is 5.75 Å². The number of carbonyl (C=O) groups excluding carboxylic acids is 3. The average molecular weight is 422 g/mol. The SMILES string of the molecule is C[C@@]1(C2CC2)NC(=O)N(CC(=O)N2c3ccccc3SC[C@@H]2c2ccccc2)C1=O. The number of hydrogen-bond donors (Lipinski definition) is 1. The van der Waals surface area contributed by atoms with E-state index in [-0.39, 0.29) is 30.3 Å². The third kappa shape index (κ3) is 3.08. The third-order valence-corrected chi connectivity index (χ3v) is 7.41. The van der Waals surface area contributed by atoms with Gasteiger partial charge in [0, 0.05) is 10.6 Å². The number of nitrogens with zero attached hydrogens (tertiary/aromatic N) is 2. The van der Waals surface area contributed by atoms with Crippen molar-refractivity contribution in [3.8, 4) is 0 Å². The Bertz CT molecular complexity index is 1020. The molecule has 2 heterocycles. The van der Waals surface area contributed by atoms with Crippen LogP contribution in [0.5, 0.6) is 0 Å². The predicted octanol–water partition coefficient (Wildman–Crippen LogP) is 3.59. The first-order valence-corrected chi connectivity index (χ1v) is 11.2. The minimum absolute atomic E-state index is 0.158. The molecule has 1 saturated heterocycles. The number of hydrogen-bond acceptors (Lipinski definition) is 4. The van der Waals surface area contributed by atoms with Gasteiger partial charge in [0.1, 0.15) is 12.1 Å². The topological polar surface area (TPSA) is 69.7 Å². The van der Waals surface area contributed by atoms with Crippen LogP contribution in [0.4, 0.5) is 10.5 Å². The van der Waals surface area contributed by atoms with Crippen LogP contribution in [0.3, 0.4) is 0 Å². The molecule has 2 aromatic carbocycles. The molecule has 6 nitrogen and oxygen atoms in total. The molecule has 0 aromatic heterocycles. The Morgan fingerprint density at radius 1 is 1.10 bits per heavy atom. The van der Waals surface area contributed by atoms with Gasteiger partial charge in [-0.1, -0.05) is 42.5 Å². The summed E-state index contributed by atoms with van der Waals surface area (Å²) in [4.78, 5) is 43.0. The van der Waals surface area contributed by atoms with E-state index >= 15 is 0 Å². The van der Waals surface area contributed by atoms with E-state index in [9.17, 15) is 14.4 Å². The number of carbonyl (C=O) groups is 3. The van der Waals surface area contributed by atoms with E-state index in [4.69, 9.17) is 0 Å². The molecule has 2 aromatic rings. The Kier molecular flexibility index (Phi) is 4.58. The largest absolute Gasteiger partial charge is 0.325 e. The molecule has 1 N–H and O–H groups in total. The third-order valence-electron chi connectivity index (χ3n) is 6.27. The van der Waals surface area contributed by atoms with Gasteiger partial charge in [-0.3, -0.25) is 14.5 Å². The Hall–Kier alpha value is -2.80. The molecule has 2 aliphatic heterocycles. The lowest BCUT2D eigenvalue weighted by Gasteiger charge is -2.37. The van der Waals surface area contributed by atoms with Crippen molar-refractivity contribution in [1.82, 2.24) is 10.2 Å². The minimum Gasteiger partial charge on any atom is -0.323 e. The second-order valence-corrected chi connectivity index (χ2v) is 9.33. The summed E-state index contributed by atoms with van der Waals surface area (Å²) in [5, 5.41) is 2.82. The van der Waals surface area contributed by atoms with Crippen molar-refractivity contribution >= 4 is 35.3 Å². The summed E-state index contributed by atoms with van der Waals surface area (Å²) in [6, 6.07) is 17.0. The van der Waals surface area contributed by atoms with E-state index in [1.165, 1.54) is 0 Å². The zero-order valence-corrected chi connectivity index (χ0v) is 17.5. The van der Waals surface area contributed by atoms with Gasteiger partial charge in [0.05, 0.1) is 11.7 Å². The van der Waals surface area contributed by atoms with Gasteiger partial charge in [0.2, 0.25) is 5.91 Å². The number of thioether (sulfide) groups is 1. The van der Waals surface area contributed by atoms with Crippen LogP contribution in [-0.4, -0.2) is 40.6 Å². The van der Waals surface area contributed by atoms with Crippen molar-refractivity contribution in [2.24, 2.45) is 5.92 Å². The molecule has 1 aliphatic carbocycles. The van der Waals surface area contributed by atoms with E-state index < -0.39 is 11.6 Å². The van der Waals surface area contributed by atoms with Crippen LogP contribution in [-0.2, 0) is 9.59 Å². The molecular weight excluding hydrogens is 398 g/mol. The molecule has 3 aliphatic rings. The van der Waals surface area contributed by atoms with Crippen LogP contribution in [0.2, 0.25) is 0 Å². The number of benzene rings is 2. The fourth-order valence-electron chi connectivity index (χ4n) is 4.43. The van der Waals surface area contributed by atoms with Crippen LogP contribution in [0, 0.1) is 5.92 Å². The van der Waals surface area contributed by atoms with Crippen LogP contribution in [0.25, 0.3) is 0 Å². The fraction of sp³-hybridized carbons (Fsp3) is 0.348. The zero-order valence-electron chi connectivity index (χ0n) is 16.7. The van der Waals surface area contributed by atoms with Crippen molar-refractivity contribution in [3.05, 3.63) is 60.2 Å². The van der Waals surface area contributed by atoms with Crippen LogP contribution >= 0.6 is 11.8 Å². The van der Waals surface area contributed by atoms with Crippen molar-refractivity contribution < 1.29 is 14.4 Å². The number of para-hydroxylation sites is 1. The van der Waals surface area contributed by atoms with Gasteiger partial charge in [-0.25, -0.2) is 4.79 Å². The van der Waals surface area contributed by atoms with Gasteiger partial charge in [0.15, 0.2) is 0 Å². The molecule has 2 fully saturated rings. The lowest BCUT2D eigenvalue weighted by molar-refractivity contribution is -0.134. The number of rotatable bonds is 4. The number of fused-ring (bicyclic) bond motifs is 1. The maximum absolute atomic E-state index is 13.5. The summed E-state index contributed by atoms with van der Waals surface area (Å²) in [6.45, 7) is 1.52. The number of imide groups is 1. The number of urea groups is 1. The molecule has 0 radical (unpaired) electrons. The normalized spacial score (nSPS) is 25.8. The highest BCUT2D eigenvalue weighted by Crippen LogP contribution is 2.44. The molecule has 30 heavy (non-hydrogen) atoms. The highest BCUT2D eigenvalue weighted by atomic mass is 32.2. The number of amides is 4. The van der Waals surface area contributed by atoms with E-state index in [1.807, 2.05) is 54.6 Å². The smallest absolute Gasteiger partial charge is 0.323 e. The van der Waals surface area contributed by atoms with Crippen molar-refractivity contribution in [3.63, 3.8) is 0 Å². The summed E-state index contributed by atoms with van der Waals surface area (Å²) >= 11 is 1.71. The number of nitrogens with one attached hydrogen (secondary N) is 1. The van der Waals surface area contributed by atoms with Gasteiger partial charge in [-0.2, -0.15) is 0 Å². The van der Waals surface area contributed by atoms with Crippen molar-refractivity contribution in [2.45, 2.75) is 36.2 Å².